The highest BCUT2D eigenvalue weighted by Gasteiger charge is 2.00. The van der Waals surface area contributed by atoms with Crippen LogP contribution < -0.4 is 0 Å². The summed E-state index contributed by atoms with van der Waals surface area (Å²) in [4.78, 5) is 9.40. The summed E-state index contributed by atoms with van der Waals surface area (Å²) < 4.78 is 12.3. The summed E-state index contributed by atoms with van der Waals surface area (Å²) >= 11 is 0. The highest BCUT2D eigenvalue weighted by atomic mass is 19.1. The lowest BCUT2D eigenvalue weighted by Gasteiger charge is -2.14. The van der Waals surface area contributed by atoms with Crippen LogP contribution in [0, 0.1) is 11.8 Å². The van der Waals surface area contributed by atoms with E-state index in [9.17, 15) is 4.39 Å². The van der Waals surface area contributed by atoms with E-state index in [0.29, 0.717) is 6.54 Å². The average molecular weight is 307 g/mol. The van der Waals surface area contributed by atoms with Gasteiger partial charge in [-0.2, -0.15) is 0 Å². The Labute approximate surface area is 135 Å². The first-order valence-corrected chi connectivity index (χ1v) is 7.54. The molecule has 0 fully saturated rings. The number of alkyl halides is 1. The molecule has 0 saturated carbocycles. The Morgan fingerprint density at radius 3 is 2.74 bits per heavy atom. The van der Waals surface area contributed by atoms with Crippen LogP contribution in [0.25, 0.3) is 11.0 Å². The molecule has 1 N–H and O–H groups in total. The summed E-state index contributed by atoms with van der Waals surface area (Å²) in [6.45, 7) is 0.876. The first-order chi connectivity index (χ1) is 11.2. The molecule has 2 heterocycles. The molecule has 3 rings (SSSR count). The summed E-state index contributed by atoms with van der Waals surface area (Å²) in [5.41, 5.74) is 3.81. The number of benzene rings is 1. The Balaban J connectivity index is 1.71. The molecule has 116 valence electrons. The summed E-state index contributed by atoms with van der Waals surface area (Å²) in [5.74, 6) is 6.27. The monoisotopic (exact) mass is 307 g/mol. The smallest absolute Gasteiger partial charge is 0.138 e. The molecule has 0 aliphatic carbocycles. The van der Waals surface area contributed by atoms with Crippen LogP contribution in [-0.2, 0) is 6.54 Å². The minimum atomic E-state index is -0.320. The van der Waals surface area contributed by atoms with Gasteiger partial charge in [0.05, 0.1) is 5.69 Å². The fourth-order valence-corrected chi connectivity index (χ4v) is 2.39. The third-order valence-electron chi connectivity index (χ3n) is 3.61. The van der Waals surface area contributed by atoms with Crippen LogP contribution in [0.5, 0.6) is 0 Å². The van der Waals surface area contributed by atoms with Gasteiger partial charge in [-0.1, -0.05) is 18.1 Å². The predicted molar refractivity (Wildman–Crippen MR) is 90.8 cm³/mol. The van der Waals surface area contributed by atoms with Crippen LogP contribution in [0.4, 0.5) is 4.39 Å². The first-order valence-electron chi connectivity index (χ1n) is 7.54. The number of aromatic amines is 1. The maximum atomic E-state index is 12.3. The van der Waals surface area contributed by atoms with Crippen molar-refractivity contribution < 1.29 is 4.39 Å². The van der Waals surface area contributed by atoms with Gasteiger partial charge in [-0.25, -0.2) is 9.37 Å². The minimum absolute atomic E-state index is 0.320. The van der Waals surface area contributed by atoms with Crippen molar-refractivity contribution in [3.8, 4) is 11.8 Å². The molecule has 0 amide bonds. The van der Waals surface area contributed by atoms with Gasteiger partial charge in [-0.3, -0.25) is 4.90 Å². The zero-order valence-corrected chi connectivity index (χ0v) is 13.0. The maximum absolute atomic E-state index is 12.3. The minimum Gasteiger partial charge on any atom is -0.333 e. The standard InChI is InChI=1S/C19H18FN3/c1-23(12-10-20)14-16-6-4-15(5-7-16)8-9-18-13-17-3-2-11-21-19(17)22-18/h2-7,11,13H,10,12,14H2,1H3,(H,21,22). The van der Waals surface area contributed by atoms with E-state index < -0.39 is 0 Å². The molecule has 0 unspecified atom stereocenters. The molecule has 0 aliphatic rings. The molecule has 0 atom stereocenters. The fraction of sp³-hybridized carbons (Fsp3) is 0.211. The molecule has 3 aromatic rings. The summed E-state index contributed by atoms with van der Waals surface area (Å²) in [5, 5.41) is 1.06. The molecular weight excluding hydrogens is 289 g/mol. The number of rotatable bonds is 4. The lowest BCUT2D eigenvalue weighted by Crippen LogP contribution is -2.20. The zero-order chi connectivity index (χ0) is 16.1. The second-order valence-electron chi connectivity index (χ2n) is 5.50. The van der Waals surface area contributed by atoms with Gasteiger partial charge in [0.2, 0.25) is 0 Å². The van der Waals surface area contributed by atoms with Gasteiger partial charge in [0.25, 0.3) is 0 Å². The number of hydrogen-bond donors (Lipinski definition) is 1. The molecule has 2 aromatic heterocycles. The van der Waals surface area contributed by atoms with Gasteiger partial charge in [0.1, 0.15) is 12.3 Å². The highest BCUT2D eigenvalue weighted by Crippen LogP contribution is 2.11. The maximum Gasteiger partial charge on any atom is 0.138 e. The van der Waals surface area contributed by atoms with Crippen molar-refractivity contribution in [3.05, 3.63) is 65.5 Å². The molecule has 0 saturated heterocycles. The third-order valence-corrected chi connectivity index (χ3v) is 3.61. The highest BCUT2D eigenvalue weighted by molar-refractivity contribution is 5.77. The van der Waals surface area contributed by atoms with Gasteiger partial charge >= 0.3 is 0 Å². The number of halogens is 1. The topological polar surface area (TPSA) is 31.9 Å². The lowest BCUT2D eigenvalue weighted by molar-refractivity contribution is 0.289. The number of nitrogens with zero attached hydrogens (tertiary/aromatic N) is 2. The summed E-state index contributed by atoms with van der Waals surface area (Å²) in [6.07, 6.45) is 1.76. The van der Waals surface area contributed by atoms with E-state index in [2.05, 4.69) is 21.8 Å². The Hall–Kier alpha value is -2.64. The van der Waals surface area contributed by atoms with E-state index in [-0.39, 0.29) is 6.67 Å². The number of aromatic nitrogens is 2. The van der Waals surface area contributed by atoms with E-state index in [0.717, 1.165) is 34.4 Å². The number of hydrogen-bond acceptors (Lipinski definition) is 2. The van der Waals surface area contributed by atoms with Gasteiger partial charge < -0.3 is 4.98 Å². The number of H-pyrrole nitrogens is 1. The van der Waals surface area contributed by atoms with Crippen LogP contribution in [0.15, 0.2) is 48.7 Å². The molecule has 0 radical (unpaired) electrons. The van der Waals surface area contributed by atoms with Crippen LogP contribution in [-0.4, -0.2) is 35.1 Å². The Morgan fingerprint density at radius 1 is 1.17 bits per heavy atom. The normalized spacial score (nSPS) is 10.7. The van der Waals surface area contributed by atoms with Crippen molar-refractivity contribution >= 4 is 11.0 Å². The second kappa shape index (κ2) is 7.08. The van der Waals surface area contributed by atoms with E-state index in [1.165, 1.54) is 0 Å². The fourth-order valence-electron chi connectivity index (χ4n) is 2.39. The van der Waals surface area contributed by atoms with Gasteiger partial charge in [-0.15, -0.1) is 0 Å². The molecular formula is C19H18FN3. The van der Waals surface area contributed by atoms with Gasteiger partial charge in [0, 0.05) is 30.2 Å². The molecule has 4 heteroatoms. The van der Waals surface area contributed by atoms with Crippen molar-refractivity contribution in [1.29, 1.82) is 0 Å². The molecule has 3 nitrogen and oxygen atoms in total. The second-order valence-corrected chi connectivity index (χ2v) is 5.50. The van der Waals surface area contributed by atoms with Gasteiger partial charge in [0.15, 0.2) is 0 Å². The van der Waals surface area contributed by atoms with Crippen molar-refractivity contribution in [2.45, 2.75) is 6.54 Å². The van der Waals surface area contributed by atoms with Crippen molar-refractivity contribution in [2.24, 2.45) is 0 Å². The van der Waals surface area contributed by atoms with Crippen molar-refractivity contribution in [2.75, 3.05) is 20.3 Å². The van der Waals surface area contributed by atoms with Crippen LogP contribution in [0.2, 0.25) is 0 Å². The largest absolute Gasteiger partial charge is 0.333 e. The third kappa shape index (κ3) is 3.97. The number of pyridine rings is 1. The van der Waals surface area contributed by atoms with Crippen LogP contribution in [0.1, 0.15) is 16.8 Å². The molecule has 23 heavy (non-hydrogen) atoms. The summed E-state index contributed by atoms with van der Waals surface area (Å²) in [6, 6.07) is 14.0. The Bertz CT molecular complexity index is 807. The van der Waals surface area contributed by atoms with E-state index >= 15 is 0 Å². The Morgan fingerprint density at radius 2 is 2.00 bits per heavy atom. The van der Waals surface area contributed by atoms with E-state index in [1.807, 2.05) is 54.4 Å². The van der Waals surface area contributed by atoms with E-state index in [1.54, 1.807) is 6.20 Å². The van der Waals surface area contributed by atoms with Crippen LogP contribution in [0.3, 0.4) is 0 Å². The molecule has 0 aliphatic heterocycles. The van der Waals surface area contributed by atoms with Crippen LogP contribution >= 0.6 is 0 Å². The first kappa shape index (κ1) is 15.3. The molecule has 0 spiro atoms. The van der Waals surface area contributed by atoms with E-state index in [4.69, 9.17) is 0 Å². The van der Waals surface area contributed by atoms with Gasteiger partial charge in [-0.05, 0) is 48.9 Å². The molecule has 0 bridgehead atoms. The predicted octanol–water partition coefficient (Wildman–Crippen LogP) is 3.36. The number of nitrogens with one attached hydrogen (secondary N) is 1. The Kier molecular flexibility index (Phi) is 4.70. The van der Waals surface area contributed by atoms with Crippen molar-refractivity contribution in [1.82, 2.24) is 14.9 Å². The lowest BCUT2D eigenvalue weighted by atomic mass is 10.1. The average Bonchev–Trinajstić information content (AvgIpc) is 2.97. The quantitative estimate of drug-likeness (QED) is 0.750. The SMILES string of the molecule is CN(CCF)Cc1ccc(C#Cc2cc3cccnc3[nH]2)cc1. The molecule has 1 aromatic carbocycles. The van der Waals surface area contributed by atoms with Crippen molar-refractivity contribution in [3.63, 3.8) is 0 Å². The zero-order valence-electron chi connectivity index (χ0n) is 13.0. The summed E-state index contributed by atoms with van der Waals surface area (Å²) in [7, 11) is 1.91. The number of fused-ring (bicyclic) bond motifs is 1.